The van der Waals surface area contributed by atoms with Crippen molar-refractivity contribution in [3.63, 3.8) is 0 Å². The van der Waals surface area contributed by atoms with Gasteiger partial charge in [0.1, 0.15) is 6.07 Å². The number of rotatable bonds is 9. The Morgan fingerprint density at radius 1 is 1.33 bits per heavy atom. The second-order valence-electron chi connectivity index (χ2n) is 5.14. The number of nitrogens with one attached hydrogen (secondary N) is 1. The van der Waals surface area contributed by atoms with Gasteiger partial charge in [0, 0.05) is 6.54 Å². The summed E-state index contributed by atoms with van der Waals surface area (Å²) in [6.07, 6.45) is -0.443. The molecule has 2 N–H and O–H groups in total. The van der Waals surface area contributed by atoms with Crippen LogP contribution in [0, 0.1) is 18.3 Å². The molecular formula is C16H24N2O3. The summed E-state index contributed by atoms with van der Waals surface area (Å²) in [5, 5.41) is 22.0. The second-order valence-corrected chi connectivity index (χ2v) is 5.14. The van der Waals surface area contributed by atoms with Crippen LogP contribution < -0.4 is 5.32 Å². The highest BCUT2D eigenvalue weighted by molar-refractivity contribution is 5.60. The Balaban J connectivity index is 2.29. The van der Waals surface area contributed by atoms with Gasteiger partial charge in [-0.1, -0.05) is 12.1 Å². The summed E-state index contributed by atoms with van der Waals surface area (Å²) in [7, 11) is 0. The number of ether oxygens (including phenoxy) is 2. The topological polar surface area (TPSA) is 74.5 Å². The molecule has 0 aliphatic rings. The molecule has 0 heterocycles. The third kappa shape index (κ3) is 6.58. The first-order valence-corrected chi connectivity index (χ1v) is 7.15. The molecule has 116 valence electrons. The summed E-state index contributed by atoms with van der Waals surface area (Å²) in [6.45, 7) is 7.38. The molecule has 0 aromatic heterocycles. The van der Waals surface area contributed by atoms with Gasteiger partial charge in [0.2, 0.25) is 0 Å². The first kappa shape index (κ1) is 17.4. The maximum Gasteiger partial charge on any atom is 0.102 e. The lowest BCUT2D eigenvalue weighted by atomic mass is 10.1. The zero-order valence-electron chi connectivity index (χ0n) is 12.9. The van der Waals surface area contributed by atoms with E-state index in [1.807, 2.05) is 39.0 Å². The molecule has 0 amide bonds. The van der Waals surface area contributed by atoms with Crippen molar-refractivity contribution in [2.75, 3.05) is 31.7 Å². The quantitative estimate of drug-likeness (QED) is 0.682. The molecule has 0 saturated heterocycles. The molecule has 0 saturated carbocycles. The van der Waals surface area contributed by atoms with E-state index in [2.05, 4.69) is 11.4 Å². The lowest BCUT2D eigenvalue weighted by Gasteiger charge is -2.15. The molecule has 1 atom stereocenters. The molecule has 5 heteroatoms. The summed E-state index contributed by atoms with van der Waals surface area (Å²) in [4.78, 5) is 0. The molecule has 21 heavy (non-hydrogen) atoms. The minimum Gasteiger partial charge on any atom is -0.389 e. The largest absolute Gasteiger partial charge is 0.389 e. The molecule has 1 unspecified atom stereocenters. The summed E-state index contributed by atoms with van der Waals surface area (Å²) in [6, 6.07) is 7.76. The van der Waals surface area contributed by atoms with Gasteiger partial charge >= 0.3 is 0 Å². The first-order chi connectivity index (χ1) is 10.0. The lowest BCUT2D eigenvalue weighted by molar-refractivity contribution is -0.00734. The maximum atomic E-state index is 9.84. The molecular weight excluding hydrogens is 268 g/mol. The minimum atomic E-state index is -0.629. The van der Waals surface area contributed by atoms with Gasteiger partial charge in [0.05, 0.1) is 43.3 Å². The average Bonchev–Trinajstić information content (AvgIpc) is 2.44. The Morgan fingerprint density at radius 3 is 2.76 bits per heavy atom. The number of hydrogen-bond acceptors (Lipinski definition) is 5. The molecule has 0 aliphatic heterocycles. The van der Waals surface area contributed by atoms with Crippen molar-refractivity contribution in [2.45, 2.75) is 33.0 Å². The van der Waals surface area contributed by atoms with Gasteiger partial charge in [0.15, 0.2) is 0 Å². The van der Waals surface area contributed by atoms with E-state index in [1.165, 1.54) is 0 Å². The molecule has 0 radical (unpaired) electrons. The van der Waals surface area contributed by atoms with Crippen LogP contribution in [0.15, 0.2) is 18.2 Å². The van der Waals surface area contributed by atoms with E-state index in [4.69, 9.17) is 14.7 Å². The molecule has 0 aliphatic carbocycles. The summed E-state index contributed by atoms with van der Waals surface area (Å²) in [5.74, 6) is 0. The molecule has 0 bridgehead atoms. The SMILES string of the molecule is Cc1cccc(NCC(O)COCCOC(C)C)c1C#N. The number of nitriles is 1. The van der Waals surface area contributed by atoms with E-state index < -0.39 is 6.10 Å². The van der Waals surface area contributed by atoms with Gasteiger partial charge in [-0.15, -0.1) is 0 Å². The van der Waals surface area contributed by atoms with Crippen LogP contribution >= 0.6 is 0 Å². The highest BCUT2D eigenvalue weighted by Crippen LogP contribution is 2.18. The van der Waals surface area contributed by atoms with Crippen molar-refractivity contribution in [3.8, 4) is 6.07 Å². The predicted molar refractivity (Wildman–Crippen MR) is 82.3 cm³/mol. The second kappa shape index (κ2) is 9.35. The van der Waals surface area contributed by atoms with Crippen LogP contribution in [0.2, 0.25) is 0 Å². The van der Waals surface area contributed by atoms with Gasteiger partial charge in [0.25, 0.3) is 0 Å². The molecule has 5 nitrogen and oxygen atoms in total. The number of nitrogens with zero attached hydrogens (tertiary/aromatic N) is 1. The van der Waals surface area contributed by atoms with Crippen molar-refractivity contribution in [3.05, 3.63) is 29.3 Å². The molecule has 1 aromatic carbocycles. The predicted octanol–water partition coefficient (Wildman–Crippen LogP) is 2.08. The van der Waals surface area contributed by atoms with Crippen molar-refractivity contribution >= 4 is 5.69 Å². The fourth-order valence-corrected chi connectivity index (χ4v) is 1.81. The van der Waals surface area contributed by atoms with Crippen LogP contribution in [-0.2, 0) is 9.47 Å². The Bertz CT molecular complexity index is 469. The number of anilines is 1. The van der Waals surface area contributed by atoms with Gasteiger partial charge in [-0.05, 0) is 32.4 Å². The van der Waals surface area contributed by atoms with E-state index in [9.17, 15) is 5.11 Å². The summed E-state index contributed by atoms with van der Waals surface area (Å²) >= 11 is 0. The molecule has 0 spiro atoms. The average molecular weight is 292 g/mol. The van der Waals surface area contributed by atoms with Crippen LogP contribution in [0.5, 0.6) is 0 Å². The molecule has 1 rings (SSSR count). The van der Waals surface area contributed by atoms with E-state index in [1.54, 1.807) is 0 Å². The Morgan fingerprint density at radius 2 is 2.10 bits per heavy atom. The third-order valence-electron chi connectivity index (χ3n) is 2.90. The number of aryl methyl sites for hydroxylation is 1. The minimum absolute atomic E-state index is 0.186. The number of aliphatic hydroxyl groups is 1. The zero-order valence-corrected chi connectivity index (χ0v) is 12.9. The van der Waals surface area contributed by atoms with E-state index >= 15 is 0 Å². The van der Waals surface area contributed by atoms with Crippen molar-refractivity contribution < 1.29 is 14.6 Å². The van der Waals surface area contributed by atoms with Gasteiger partial charge < -0.3 is 19.9 Å². The van der Waals surface area contributed by atoms with Crippen LogP contribution in [0.3, 0.4) is 0 Å². The summed E-state index contributed by atoms with van der Waals surface area (Å²) < 4.78 is 10.7. The normalized spacial score (nSPS) is 12.2. The van der Waals surface area contributed by atoms with Gasteiger partial charge in [-0.3, -0.25) is 0 Å². The fraction of sp³-hybridized carbons (Fsp3) is 0.562. The van der Waals surface area contributed by atoms with Crippen LogP contribution in [0.4, 0.5) is 5.69 Å². The number of aliphatic hydroxyl groups excluding tert-OH is 1. The standard InChI is InChI=1S/C16H24N2O3/c1-12(2)21-8-7-20-11-14(19)10-18-16-6-4-5-13(3)15(16)9-17/h4-6,12,14,18-19H,7-8,10-11H2,1-3H3. The van der Waals surface area contributed by atoms with Crippen molar-refractivity contribution in [2.24, 2.45) is 0 Å². The monoisotopic (exact) mass is 292 g/mol. The Kier molecular flexibility index (Phi) is 7.76. The van der Waals surface area contributed by atoms with Crippen molar-refractivity contribution in [1.29, 1.82) is 5.26 Å². The highest BCUT2D eigenvalue weighted by atomic mass is 16.5. The van der Waals surface area contributed by atoms with E-state index in [0.29, 0.717) is 25.3 Å². The lowest BCUT2D eigenvalue weighted by Crippen LogP contribution is -2.26. The van der Waals surface area contributed by atoms with Crippen LogP contribution in [-0.4, -0.2) is 43.7 Å². The third-order valence-corrected chi connectivity index (χ3v) is 2.90. The first-order valence-electron chi connectivity index (χ1n) is 7.15. The Labute approximate surface area is 126 Å². The smallest absolute Gasteiger partial charge is 0.102 e. The number of benzene rings is 1. The van der Waals surface area contributed by atoms with E-state index in [0.717, 1.165) is 11.3 Å². The van der Waals surface area contributed by atoms with Gasteiger partial charge in [-0.2, -0.15) is 5.26 Å². The molecule has 1 aromatic rings. The van der Waals surface area contributed by atoms with E-state index in [-0.39, 0.29) is 12.7 Å². The molecule has 0 fully saturated rings. The zero-order chi connectivity index (χ0) is 15.7. The van der Waals surface area contributed by atoms with Gasteiger partial charge in [-0.25, -0.2) is 0 Å². The van der Waals surface area contributed by atoms with Crippen molar-refractivity contribution in [1.82, 2.24) is 0 Å². The Hall–Kier alpha value is -1.61. The maximum absolute atomic E-state index is 9.84. The summed E-state index contributed by atoms with van der Waals surface area (Å²) in [5.41, 5.74) is 2.26. The van der Waals surface area contributed by atoms with Crippen LogP contribution in [0.25, 0.3) is 0 Å². The number of hydrogen-bond donors (Lipinski definition) is 2. The fourth-order valence-electron chi connectivity index (χ4n) is 1.81. The van der Waals surface area contributed by atoms with Crippen LogP contribution in [0.1, 0.15) is 25.0 Å². The highest BCUT2D eigenvalue weighted by Gasteiger charge is 2.08.